The number of hydrogen-bond acceptors (Lipinski definition) is 3. The van der Waals surface area contributed by atoms with Crippen LogP contribution in [0.25, 0.3) is 0 Å². The molecule has 0 aliphatic heterocycles. The van der Waals surface area contributed by atoms with Gasteiger partial charge in [0.15, 0.2) is 0 Å². The van der Waals surface area contributed by atoms with Gasteiger partial charge in [0.2, 0.25) is 10.0 Å². The number of benzene rings is 1. The van der Waals surface area contributed by atoms with Crippen molar-refractivity contribution in [2.24, 2.45) is 5.92 Å². The summed E-state index contributed by atoms with van der Waals surface area (Å²) in [7, 11) is -3.55. The number of nitrogens with one attached hydrogen (secondary N) is 1. The maximum Gasteiger partial charge on any atom is 0.240 e. The Morgan fingerprint density at radius 3 is 2.67 bits per heavy atom. The van der Waals surface area contributed by atoms with Gasteiger partial charge in [-0.3, -0.25) is 0 Å². The lowest BCUT2D eigenvalue weighted by Gasteiger charge is -2.30. The molecule has 0 amide bonds. The Kier molecular flexibility index (Phi) is 5.38. The average molecular weight is 306 g/mol. The van der Waals surface area contributed by atoms with Crippen molar-refractivity contribution in [2.45, 2.75) is 56.4 Å². The van der Waals surface area contributed by atoms with E-state index in [9.17, 15) is 8.42 Å². The van der Waals surface area contributed by atoms with Gasteiger partial charge < -0.3 is 0 Å². The van der Waals surface area contributed by atoms with Gasteiger partial charge >= 0.3 is 0 Å². The standard InChI is InChI=1S/C16H22N2O2S/c1-2-16(14-8-4-3-5-9-14)18-21(19,20)15-10-6-7-13(11-15)12-17/h6-7,10-11,14,16,18H,2-5,8-9H2,1H3. The van der Waals surface area contributed by atoms with Crippen LogP contribution in [0.5, 0.6) is 0 Å². The van der Waals surface area contributed by atoms with E-state index in [0.29, 0.717) is 11.5 Å². The van der Waals surface area contributed by atoms with Crippen molar-refractivity contribution in [3.63, 3.8) is 0 Å². The molecule has 1 unspecified atom stereocenters. The monoisotopic (exact) mass is 306 g/mol. The first-order valence-electron chi connectivity index (χ1n) is 7.59. The van der Waals surface area contributed by atoms with Crippen molar-refractivity contribution in [3.05, 3.63) is 29.8 Å². The topological polar surface area (TPSA) is 70.0 Å². The second kappa shape index (κ2) is 7.06. The molecule has 5 heteroatoms. The fourth-order valence-electron chi connectivity index (χ4n) is 3.05. The van der Waals surface area contributed by atoms with Gasteiger partial charge in [0.25, 0.3) is 0 Å². The van der Waals surface area contributed by atoms with Gasteiger partial charge in [-0.2, -0.15) is 5.26 Å². The Morgan fingerprint density at radius 2 is 2.05 bits per heavy atom. The lowest BCUT2D eigenvalue weighted by atomic mass is 9.83. The second-order valence-electron chi connectivity index (χ2n) is 5.67. The van der Waals surface area contributed by atoms with Gasteiger partial charge in [0.05, 0.1) is 16.5 Å². The summed E-state index contributed by atoms with van der Waals surface area (Å²) in [5, 5.41) is 8.89. The predicted octanol–water partition coefficient (Wildman–Crippen LogP) is 3.20. The highest BCUT2D eigenvalue weighted by Gasteiger charge is 2.27. The molecule has 114 valence electrons. The second-order valence-corrected chi connectivity index (χ2v) is 7.39. The molecule has 1 N–H and O–H groups in total. The fraction of sp³-hybridized carbons (Fsp3) is 0.562. The highest BCUT2D eigenvalue weighted by atomic mass is 32.2. The van der Waals surface area contributed by atoms with Crippen molar-refractivity contribution in [3.8, 4) is 6.07 Å². The quantitative estimate of drug-likeness (QED) is 0.908. The third kappa shape index (κ3) is 4.05. The van der Waals surface area contributed by atoms with Gasteiger partial charge in [0.1, 0.15) is 0 Å². The molecule has 4 nitrogen and oxygen atoms in total. The van der Waals surface area contributed by atoms with Crippen LogP contribution < -0.4 is 4.72 Å². The first-order valence-corrected chi connectivity index (χ1v) is 9.07. The minimum atomic E-state index is -3.55. The summed E-state index contributed by atoms with van der Waals surface area (Å²) < 4.78 is 27.8. The molecular formula is C16H22N2O2S. The van der Waals surface area contributed by atoms with Crippen molar-refractivity contribution in [1.82, 2.24) is 4.72 Å². The number of nitrogens with zero attached hydrogens (tertiary/aromatic N) is 1. The summed E-state index contributed by atoms with van der Waals surface area (Å²) in [5.41, 5.74) is 0.364. The van der Waals surface area contributed by atoms with Crippen LogP contribution >= 0.6 is 0 Å². The molecule has 1 saturated carbocycles. The molecule has 0 radical (unpaired) electrons. The van der Waals surface area contributed by atoms with Crippen LogP contribution in [0.2, 0.25) is 0 Å². The average Bonchev–Trinajstić information content (AvgIpc) is 2.53. The van der Waals surface area contributed by atoms with Gasteiger partial charge in [-0.1, -0.05) is 32.3 Å². The van der Waals surface area contributed by atoms with E-state index in [-0.39, 0.29) is 10.9 Å². The van der Waals surface area contributed by atoms with Crippen molar-refractivity contribution in [2.75, 3.05) is 0 Å². The third-order valence-corrected chi connectivity index (χ3v) is 5.73. The molecule has 0 spiro atoms. The minimum Gasteiger partial charge on any atom is -0.208 e. The summed E-state index contributed by atoms with van der Waals surface area (Å²) in [6.07, 6.45) is 6.61. The van der Waals surface area contributed by atoms with Gasteiger partial charge in [-0.25, -0.2) is 13.1 Å². The summed E-state index contributed by atoms with van der Waals surface area (Å²) in [5.74, 6) is 0.428. The van der Waals surface area contributed by atoms with E-state index in [1.54, 1.807) is 12.1 Å². The molecule has 1 aromatic carbocycles. The van der Waals surface area contributed by atoms with Gasteiger partial charge in [-0.05, 0) is 43.4 Å². The maximum atomic E-state index is 12.5. The number of hydrogen-bond donors (Lipinski definition) is 1. The number of rotatable bonds is 5. The molecular weight excluding hydrogens is 284 g/mol. The molecule has 1 aliphatic rings. The Balaban J connectivity index is 2.16. The molecule has 0 saturated heterocycles. The summed E-state index contributed by atoms with van der Waals surface area (Å²) in [6, 6.07) is 8.14. The SMILES string of the molecule is CCC(NS(=O)(=O)c1cccc(C#N)c1)C1CCCCC1. The molecule has 21 heavy (non-hydrogen) atoms. The molecule has 0 bridgehead atoms. The first-order chi connectivity index (χ1) is 10.1. The lowest BCUT2D eigenvalue weighted by Crippen LogP contribution is -2.40. The third-order valence-electron chi connectivity index (χ3n) is 4.24. The van der Waals surface area contributed by atoms with E-state index < -0.39 is 10.0 Å². The van der Waals surface area contributed by atoms with Gasteiger partial charge in [-0.15, -0.1) is 0 Å². The van der Waals surface area contributed by atoms with E-state index in [1.807, 2.05) is 13.0 Å². The number of sulfonamides is 1. The first kappa shape index (κ1) is 16.0. The maximum absolute atomic E-state index is 12.5. The highest BCUT2D eigenvalue weighted by Crippen LogP contribution is 2.28. The predicted molar refractivity (Wildman–Crippen MR) is 82.1 cm³/mol. The fourth-order valence-corrected chi connectivity index (χ4v) is 4.48. The number of nitriles is 1. The van der Waals surface area contributed by atoms with E-state index in [0.717, 1.165) is 19.3 Å². The zero-order chi connectivity index (χ0) is 15.3. The molecule has 0 aromatic heterocycles. The summed E-state index contributed by atoms with van der Waals surface area (Å²) in [6.45, 7) is 2.02. The molecule has 1 aromatic rings. The van der Waals surface area contributed by atoms with E-state index >= 15 is 0 Å². The van der Waals surface area contributed by atoms with Crippen LogP contribution in [0.3, 0.4) is 0 Å². The summed E-state index contributed by atoms with van der Waals surface area (Å²) in [4.78, 5) is 0.177. The van der Waals surface area contributed by atoms with Crippen LogP contribution in [0.4, 0.5) is 0 Å². The van der Waals surface area contributed by atoms with Gasteiger partial charge in [0, 0.05) is 6.04 Å². The highest BCUT2D eigenvalue weighted by molar-refractivity contribution is 7.89. The van der Waals surface area contributed by atoms with Crippen LogP contribution in [0, 0.1) is 17.2 Å². The smallest absolute Gasteiger partial charge is 0.208 e. The Bertz CT molecular complexity index is 613. The molecule has 1 atom stereocenters. The molecule has 2 rings (SSSR count). The Hall–Kier alpha value is -1.38. The lowest BCUT2D eigenvalue weighted by molar-refractivity contribution is 0.285. The zero-order valence-corrected chi connectivity index (χ0v) is 13.2. The van der Waals surface area contributed by atoms with E-state index in [1.165, 1.54) is 31.4 Å². The Morgan fingerprint density at radius 1 is 1.33 bits per heavy atom. The normalized spacial score (nSPS) is 18.1. The van der Waals surface area contributed by atoms with Crippen LogP contribution in [0.1, 0.15) is 51.0 Å². The van der Waals surface area contributed by atoms with Crippen LogP contribution in [-0.2, 0) is 10.0 Å². The van der Waals surface area contributed by atoms with E-state index in [4.69, 9.17) is 5.26 Å². The van der Waals surface area contributed by atoms with Crippen molar-refractivity contribution in [1.29, 1.82) is 5.26 Å². The van der Waals surface area contributed by atoms with Crippen molar-refractivity contribution >= 4 is 10.0 Å². The minimum absolute atomic E-state index is 0.0129. The molecule has 1 fully saturated rings. The molecule has 0 heterocycles. The van der Waals surface area contributed by atoms with Crippen molar-refractivity contribution < 1.29 is 8.42 Å². The summed E-state index contributed by atoms with van der Waals surface area (Å²) >= 11 is 0. The molecule has 1 aliphatic carbocycles. The van der Waals surface area contributed by atoms with Crippen LogP contribution in [-0.4, -0.2) is 14.5 Å². The van der Waals surface area contributed by atoms with Crippen LogP contribution in [0.15, 0.2) is 29.2 Å². The van der Waals surface area contributed by atoms with E-state index in [2.05, 4.69) is 4.72 Å². The zero-order valence-electron chi connectivity index (χ0n) is 12.4. The Labute approximate surface area is 127 Å². The largest absolute Gasteiger partial charge is 0.240 e.